The quantitative estimate of drug-likeness (QED) is 0.116. The molecule has 0 fully saturated rings. The molecule has 3 amide bonds. The third-order valence-electron chi connectivity index (χ3n) is 10.4. The lowest BCUT2D eigenvalue weighted by molar-refractivity contribution is -0.142. The minimum absolute atomic E-state index is 0.0133. The fraction of sp³-hybridized carbons (Fsp3) is 0.152. The highest BCUT2D eigenvalue weighted by molar-refractivity contribution is 6.42. The number of halogens is 2. The third-order valence-corrected chi connectivity index (χ3v) is 11.1. The minimum atomic E-state index is -1.31. The number of fused-ring (bicyclic) bond motifs is 2. The highest BCUT2D eigenvalue weighted by atomic mass is 35.5. The molecule has 0 radical (unpaired) electrons. The molecule has 3 unspecified atom stereocenters. The van der Waals surface area contributed by atoms with Crippen LogP contribution in [0.25, 0.3) is 11.1 Å². The van der Waals surface area contributed by atoms with Crippen LogP contribution < -0.4 is 20.1 Å². The van der Waals surface area contributed by atoms with E-state index in [9.17, 15) is 24.3 Å². The summed E-state index contributed by atoms with van der Waals surface area (Å²) >= 11 is 12.1. The van der Waals surface area contributed by atoms with Gasteiger partial charge in [-0.3, -0.25) is 14.4 Å². The molecule has 1 aromatic heterocycles. The summed E-state index contributed by atoms with van der Waals surface area (Å²) < 4.78 is 17.6. The lowest BCUT2D eigenvalue weighted by Gasteiger charge is -2.37. The van der Waals surface area contributed by atoms with Gasteiger partial charge < -0.3 is 34.5 Å². The van der Waals surface area contributed by atoms with E-state index in [1.807, 2.05) is 30.3 Å². The monoisotopic (exact) mass is 840 g/mol. The SMILES string of the molecule is N#Cc1ccc(-c2ccc(CC(NC(=O)C3Cc4cc5c(cc4CN3C(=O)c3ccco3)OC(c3ccc(OCc4ccc(Cl)c(Cl)c4)cc3)C(=O)N5)C(=O)O)cc2)cc1. The summed E-state index contributed by atoms with van der Waals surface area (Å²) in [5.74, 6) is -1.90. The summed E-state index contributed by atoms with van der Waals surface area (Å²) in [6.07, 6.45) is 0.378. The van der Waals surface area contributed by atoms with Crippen LogP contribution in [0.1, 0.15) is 50.0 Å². The molecule has 3 atom stereocenters. The lowest BCUT2D eigenvalue weighted by Crippen LogP contribution is -2.55. The molecule has 3 N–H and O–H groups in total. The standard InChI is InChI=1S/C46H34Cl2N4O8/c47-35-16-7-28(18-36(35)48)25-59-34-14-12-31(13-15-34)42-44(54)50-37-20-32-21-39(52(24-33(32)22-41(37)60-42)45(55)40-2-1-17-58-40)43(53)51-38(46(56)57)19-26-3-8-29(9-4-26)30-10-5-27(23-49)6-11-30/h1-18,20,22,38-39,42H,19,21,24-25H2,(H,50,54)(H,51,53)(H,56,57). The number of nitrogens with one attached hydrogen (secondary N) is 2. The number of hydrogen-bond acceptors (Lipinski definition) is 8. The van der Waals surface area contributed by atoms with Gasteiger partial charge in [0.15, 0.2) is 5.76 Å². The number of furan rings is 1. The minimum Gasteiger partial charge on any atom is -0.489 e. The maximum Gasteiger partial charge on any atom is 0.326 e. The molecule has 14 heteroatoms. The summed E-state index contributed by atoms with van der Waals surface area (Å²) in [4.78, 5) is 55.1. The van der Waals surface area contributed by atoms with Gasteiger partial charge in [0.05, 0.1) is 33.6 Å². The highest BCUT2D eigenvalue weighted by Gasteiger charge is 2.39. The van der Waals surface area contributed by atoms with Crippen molar-refractivity contribution in [1.29, 1.82) is 5.26 Å². The van der Waals surface area contributed by atoms with E-state index >= 15 is 0 Å². The molecule has 8 rings (SSSR count). The molecule has 0 saturated heterocycles. The van der Waals surface area contributed by atoms with Crippen LogP contribution in [0.3, 0.4) is 0 Å². The summed E-state index contributed by atoms with van der Waals surface area (Å²) in [5.41, 5.74) is 6.15. The summed E-state index contributed by atoms with van der Waals surface area (Å²) in [6, 6.07) is 32.8. The number of carbonyl (C=O) groups excluding carboxylic acids is 3. The van der Waals surface area contributed by atoms with E-state index in [-0.39, 0.29) is 31.8 Å². The number of carboxylic acids is 1. The van der Waals surface area contributed by atoms with Gasteiger partial charge in [-0.15, -0.1) is 0 Å². The summed E-state index contributed by atoms with van der Waals surface area (Å²) in [7, 11) is 0. The molecule has 12 nitrogen and oxygen atoms in total. The Kier molecular flexibility index (Phi) is 11.3. The van der Waals surface area contributed by atoms with Crippen molar-refractivity contribution in [2.75, 3.05) is 5.32 Å². The van der Waals surface area contributed by atoms with E-state index in [4.69, 9.17) is 42.4 Å². The Bertz CT molecular complexity index is 2640. The smallest absolute Gasteiger partial charge is 0.326 e. The first-order valence-corrected chi connectivity index (χ1v) is 19.6. The predicted molar refractivity (Wildman–Crippen MR) is 222 cm³/mol. The molecule has 0 aliphatic carbocycles. The van der Waals surface area contributed by atoms with Crippen molar-refractivity contribution in [3.8, 4) is 28.7 Å². The van der Waals surface area contributed by atoms with Gasteiger partial charge in [-0.05, 0) is 94.0 Å². The maximum atomic E-state index is 14.1. The molecule has 300 valence electrons. The summed E-state index contributed by atoms with van der Waals surface area (Å²) in [6.45, 7) is 0.232. The molecule has 60 heavy (non-hydrogen) atoms. The number of amides is 3. The zero-order chi connectivity index (χ0) is 41.9. The first kappa shape index (κ1) is 39.7. The zero-order valence-electron chi connectivity index (χ0n) is 31.6. The van der Waals surface area contributed by atoms with Crippen LogP contribution >= 0.6 is 23.2 Å². The largest absolute Gasteiger partial charge is 0.489 e. The van der Waals surface area contributed by atoms with Gasteiger partial charge in [-0.25, -0.2) is 4.79 Å². The van der Waals surface area contributed by atoms with E-state index in [1.165, 1.54) is 17.2 Å². The number of carboxylic acid groups (broad SMARTS) is 1. The molecule has 0 spiro atoms. The molecule has 3 heterocycles. The fourth-order valence-corrected chi connectivity index (χ4v) is 7.53. The van der Waals surface area contributed by atoms with Crippen LogP contribution in [0.2, 0.25) is 10.0 Å². The Balaban J connectivity index is 0.981. The van der Waals surface area contributed by atoms with Crippen LogP contribution in [-0.4, -0.2) is 45.8 Å². The first-order chi connectivity index (χ1) is 29.0. The van der Waals surface area contributed by atoms with Crippen molar-refractivity contribution in [1.82, 2.24) is 10.2 Å². The molecule has 5 aromatic carbocycles. The molecular weight excluding hydrogens is 807 g/mol. The van der Waals surface area contributed by atoms with Gasteiger partial charge in [0.2, 0.25) is 12.0 Å². The normalized spacial score (nSPS) is 15.9. The van der Waals surface area contributed by atoms with Gasteiger partial charge in [-0.2, -0.15) is 5.26 Å². The number of nitriles is 1. The van der Waals surface area contributed by atoms with Crippen molar-refractivity contribution in [2.24, 2.45) is 0 Å². The van der Waals surface area contributed by atoms with Crippen LogP contribution in [0.5, 0.6) is 11.5 Å². The third kappa shape index (κ3) is 8.54. The van der Waals surface area contributed by atoms with Crippen molar-refractivity contribution < 1.29 is 38.2 Å². The number of nitrogens with zero attached hydrogens (tertiary/aromatic N) is 2. The summed E-state index contributed by atoms with van der Waals surface area (Å²) in [5, 5.41) is 25.8. The van der Waals surface area contributed by atoms with Gasteiger partial charge in [0.25, 0.3) is 11.8 Å². The fourth-order valence-electron chi connectivity index (χ4n) is 7.21. The Morgan fingerprint density at radius 3 is 2.28 bits per heavy atom. The second-order valence-corrected chi connectivity index (χ2v) is 15.1. The first-order valence-electron chi connectivity index (χ1n) is 18.8. The Hall–Kier alpha value is -7.07. The van der Waals surface area contributed by atoms with Gasteiger partial charge >= 0.3 is 5.97 Å². The van der Waals surface area contributed by atoms with Crippen LogP contribution in [0.15, 0.2) is 126 Å². The molecule has 0 bridgehead atoms. The average Bonchev–Trinajstić information content (AvgIpc) is 3.81. The van der Waals surface area contributed by atoms with Crippen molar-refractivity contribution in [3.63, 3.8) is 0 Å². The van der Waals surface area contributed by atoms with Crippen LogP contribution in [0, 0.1) is 11.3 Å². The number of benzene rings is 5. The Labute approximate surface area is 353 Å². The van der Waals surface area contributed by atoms with Gasteiger partial charge in [-0.1, -0.05) is 77.8 Å². The lowest BCUT2D eigenvalue weighted by atomic mass is 9.91. The molecule has 6 aromatic rings. The second-order valence-electron chi connectivity index (χ2n) is 14.3. The molecular formula is C46H34Cl2N4O8. The van der Waals surface area contributed by atoms with Crippen LogP contribution in [0.4, 0.5) is 5.69 Å². The highest BCUT2D eigenvalue weighted by Crippen LogP contribution is 2.40. The number of ether oxygens (including phenoxy) is 2. The van der Waals surface area contributed by atoms with Gasteiger partial charge in [0.1, 0.15) is 30.2 Å². The zero-order valence-corrected chi connectivity index (χ0v) is 33.1. The molecule has 2 aliphatic heterocycles. The van der Waals surface area contributed by atoms with Crippen molar-refractivity contribution in [2.45, 2.75) is 44.2 Å². The molecule has 2 aliphatic rings. The number of carbonyl (C=O) groups is 4. The van der Waals surface area contributed by atoms with Gasteiger partial charge in [0, 0.05) is 24.9 Å². The topological polar surface area (TPSA) is 171 Å². The van der Waals surface area contributed by atoms with Crippen LogP contribution in [-0.2, 0) is 40.4 Å². The van der Waals surface area contributed by atoms with Crippen molar-refractivity contribution >= 4 is 52.6 Å². The Morgan fingerprint density at radius 1 is 0.900 bits per heavy atom. The predicted octanol–water partition coefficient (Wildman–Crippen LogP) is 8.16. The van der Waals surface area contributed by atoms with E-state index in [0.717, 1.165) is 16.7 Å². The number of hydrogen-bond donors (Lipinski definition) is 3. The van der Waals surface area contributed by atoms with E-state index in [0.29, 0.717) is 55.0 Å². The number of anilines is 1. The second kappa shape index (κ2) is 17.0. The maximum absolute atomic E-state index is 14.1. The Morgan fingerprint density at radius 2 is 1.62 bits per heavy atom. The number of aliphatic carboxylic acids is 1. The number of rotatable bonds is 11. The molecule has 0 saturated carbocycles. The van der Waals surface area contributed by atoms with Crippen molar-refractivity contribution in [3.05, 3.63) is 171 Å². The van der Waals surface area contributed by atoms with E-state index < -0.39 is 41.9 Å². The van der Waals surface area contributed by atoms with E-state index in [1.54, 1.807) is 78.9 Å². The average molecular weight is 842 g/mol. The van der Waals surface area contributed by atoms with E-state index in [2.05, 4.69) is 16.7 Å².